The molecule has 23 heavy (non-hydrogen) atoms. The van der Waals surface area contributed by atoms with Gasteiger partial charge in [-0.05, 0) is 24.3 Å². The van der Waals surface area contributed by atoms with E-state index in [9.17, 15) is 0 Å². The van der Waals surface area contributed by atoms with Crippen LogP contribution in [-0.2, 0) is 0 Å². The first kappa shape index (κ1) is 14.8. The predicted octanol–water partition coefficient (Wildman–Crippen LogP) is 2.15. The fourth-order valence-electron chi connectivity index (χ4n) is 1.85. The summed E-state index contributed by atoms with van der Waals surface area (Å²) in [6, 6.07) is 6.92. The van der Waals surface area contributed by atoms with Crippen LogP contribution >= 0.6 is 11.6 Å². The molecule has 3 rings (SSSR count). The summed E-state index contributed by atoms with van der Waals surface area (Å²) in [5, 5.41) is 19.4. The van der Waals surface area contributed by atoms with Crippen molar-refractivity contribution in [3.8, 4) is 5.82 Å². The van der Waals surface area contributed by atoms with E-state index in [0.29, 0.717) is 16.5 Å². The molecule has 116 valence electrons. The minimum absolute atomic E-state index is 0.0433. The molecular weight excluding hydrogens is 318 g/mol. The number of nitrogens with two attached hydrogens (primary N) is 1. The third kappa shape index (κ3) is 3.38. The minimum Gasteiger partial charge on any atom is -0.409 e. The second kappa shape index (κ2) is 6.32. The van der Waals surface area contributed by atoms with Crippen LogP contribution in [0.15, 0.2) is 54.2 Å². The summed E-state index contributed by atoms with van der Waals surface area (Å²) in [5.74, 6) is 0.612. The van der Waals surface area contributed by atoms with Gasteiger partial charge >= 0.3 is 0 Å². The van der Waals surface area contributed by atoms with Crippen molar-refractivity contribution in [1.82, 2.24) is 19.7 Å². The second-order valence-corrected chi connectivity index (χ2v) is 4.99. The first-order chi connectivity index (χ1) is 11.2. The number of nitrogens with one attached hydrogen (secondary N) is 1. The summed E-state index contributed by atoms with van der Waals surface area (Å²) in [5.41, 5.74) is 7.35. The molecule has 0 aromatic carbocycles. The largest absolute Gasteiger partial charge is 0.409 e. The summed E-state index contributed by atoms with van der Waals surface area (Å²) < 4.78 is 1.62. The fourth-order valence-corrected chi connectivity index (χ4v) is 1.97. The van der Waals surface area contributed by atoms with E-state index in [4.69, 9.17) is 22.5 Å². The molecule has 4 N–H and O–H groups in total. The number of hydrogen-bond donors (Lipinski definition) is 3. The SMILES string of the molecule is N/C(=N/O)c1ccc(Nc2cnn(-c3ccc(Cl)cn3)c2)cn1. The third-order valence-corrected chi connectivity index (χ3v) is 3.17. The molecule has 0 aliphatic carbocycles. The van der Waals surface area contributed by atoms with Crippen LogP contribution in [0, 0.1) is 0 Å². The van der Waals surface area contributed by atoms with E-state index in [-0.39, 0.29) is 5.84 Å². The van der Waals surface area contributed by atoms with Crippen LogP contribution in [0.25, 0.3) is 5.82 Å². The second-order valence-electron chi connectivity index (χ2n) is 4.55. The van der Waals surface area contributed by atoms with E-state index < -0.39 is 0 Å². The van der Waals surface area contributed by atoms with Crippen LogP contribution in [0.3, 0.4) is 0 Å². The van der Waals surface area contributed by atoms with E-state index in [1.165, 1.54) is 0 Å². The number of amidine groups is 1. The molecule has 0 atom stereocenters. The lowest BCUT2D eigenvalue weighted by Gasteiger charge is -2.04. The average Bonchev–Trinajstić information content (AvgIpc) is 3.04. The van der Waals surface area contributed by atoms with Crippen molar-refractivity contribution in [2.75, 3.05) is 5.32 Å². The summed E-state index contributed by atoms with van der Waals surface area (Å²) >= 11 is 5.81. The van der Waals surface area contributed by atoms with Gasteiger partial charge in [0.2, 0.25) is 0 Å². The Morgan fingerprint density at radius 1 is 1.13 bits per heavy atom. The number of pyridine rings is 2. The number of rotatable bonds is 4. The van der Waals surface area contributed by atoms with Crippen LogP contribution < -0.4 is 11.1 Å². The van der Waals surface area contributed by atoms with Crippen LogP contribution in [0.4, 0.5) is 11.4 Å². The number of nitrogens with zero attached hydrogens (tertiary/aromatic N) is 5. The van der Waals surface area contributed by atoms with Crippen LogP contribution in [-0.4, -0.2) is 30.8 Å². The maximum absolute atomic E-state index is 8.60. The van der Waals surface area contributed by atoms with Crippen molar-refractivity contribution >= 4 is 28.8 Å². The van der Waals surface area contributed by atoms with Crippen molar-refractivity contribution < 1.29 is 5.21 Å². The first-order valence-electron chi connectivity index (χ1n) is 6.53. The highest BCUT2D eigenvalue weighted by Gasteiger charge is 2.04. The van der Waals surface area contributed by atoms with Crippen molar-refractivity contribution in [2.45, 2.75) is 0 Å². The van der Waals surface area contributed by atoms with Crippen LogP contribution in [0.5, 0.6) is 0 Å². The van der Waals surface area contributed by atoms with Crippen LogP contribution in [0.2, 0.25) is 5.02 Å². The standard InChI is InChI=1S/C14H12ClN7O/c15-9-1-4-13(18-5-9)22-8-11(7-19-22)20-10-2-3-12(17-6-10)14(16)21-23/h1-8,20,23H,(H2,16,21). The maximum atomic E-state index is 8.60. The van der Waals surface area contributed by atoms with E-state index in [1.807, 2.05) is 0 Å². The van der Waals surface area contributed by atoms with Crippen molar-refractivity contribution in [3.05, 3.63) is 59.8 Å². The van der Waals surface area contributed by atoms with Gasteiger partial charge in [-0.3, -0.25) is 4.98 Å². The van der Waals surface area contributed by atoms with Crippen molar-refractivity contribution in [2.24, 2.45) is 10.9 Å². The topological polar surface area (TPSA) is 114 Å². The van der Waals surface area contributed by atoms with Crippen LogP contribution in [0.1, 0.15) is 5.69 Å². The van der Waals surface area contributed by atoms with Gasteiger partial charge in [0.15, 0.2) is 11.7 Å². The first-order valence-corrected chi connectivity index (χ1v) is 6.91. The zero-order valence-corrected chi connectivity index (χ0v) is 12.5. The van der Waals surface area contributed by atoms with Gasteiger partial charge in [0.05, 0.1) is 35.0 Å². The molecule has 0 bridgehead atoms. The van der Waals surface area contributed by atoms with Crippen molar-refractivity contribution in [1.29, 1.82) is 0 Å². The maximum Gasteiger partial charge on any atom is 0.188 e. The van der Waals surface area contributed by atoms with Gasteiger partial charge in [0.1, 0.15) is 5.69 Å². The van der Waals surface area contributed by atoms with Gasteiger partial charge in [0, 0.05) is 6.20 Å². The van der Waals surface area contributed by atoms with Gasteiger partial charge in [-0.25, -0.2) is 9.67 Å². The molecule has 0 amide bonds. The lowest BCUT2D eigenvalue weighted by Crippen LogP contribution is -2.14. The molecular formula is C14H12ClN7O. The van der Waals surface area contributed by atoms with Gasteiger partial charge < -0.3 is 16.3 Å². The molecule has 0 spiro atoms. The Morgan fingerprint density at radius 3 is 2.65 bits per heavy atom. The highest BCUT2D eigenvalue weighted by molar-refractivity contribution is 6.30. The minimum atomic E-state index is -0.0433. The zero-order valence-electron chi connectivity index (χ0n) is 11.8. The number of hydrogen-bond acceptors (Lipinski definition) is 6. The molecule has 0 saturated heterocycles. The van der Waals surface area contributed by atoms with E-state index in [2.05, 4.69) is 25.5 Å². The summed E-state index contributed by atoms with van der Waals surface area (Å²) in [7, 11) is 0. The molecule has 0 saturated carbocycles. The van der Waals surface area contributed by atoms with Gasteiger partial charge in [-0.2, -0.15) is 5.10 Å². The van der Waals surface area contributed by atoms with E-state index in [0.717, 1.165) is 11.4 Å². The lowest BCUT2D eigenvalue weighted by molar-refractivity contribution is 0.318. The Kier molecular flexibility index (Phi) is 4.07. The molecule has 0 unspecified atom stereocenters. The molecule has 3 aromatic rings. The summed E-state index contributed by atoms with van der Waals surface area (Å²) in [6.07, 6.45) is 6.58. The molecule has 0 aliphatic heterocycles. The third-order valence-electron chi connectivity index (χ3n) is 2.95. The fraction of sp³-hybridized carbons (Fsp3) is 0. The predicted molar refractivity (Wildman–Crippen MR) is 86.4 cm³/mol. The average molecular weight is 330 g/mol. The number of oxime groups is 1. The Labute approximate surface area is 136 Å². The normalized spacial score (nSPS) is 11.4. The molecule has 8 nitrogen and oxygen atoms in total. The Hall–Kier alpha value is -3.13. The monoisotopic (exact) mass is 329 g/mol. The number of aromatic nitrogens is 4. The highest BCUT2D eigenvalue weighted by atomic mass is 35.5. The number of halogens is 1. The van der Waals surface area contributed by atoms with Gasteiger partial charge in [-0.15, -0.1) is 0 Å². The zero-order chi connectivity index (χ0) is 16.2. The Balaban J connectivity index is 1.75. The highest BCUT2D eigenvalue weighted by Crippen LogP contribution is 2.17. The number of anilines is 2. The molecule has 0 radical (unpaired) electrons. The quantitative estimate of drug-likeness (QED) is 0.292. The summed E-state index contributed by atoms with van der Waals surface area (Å²) in [4.78, 5) is 8.27. The molecule has 9 heteroatoms. The van der Waals surface area contributed by atoms with Gasteiger partial charge in [-0.1, -0.05) is 16.8 Å². The van der Waals surface area contributed by atoms with Crippen molar-refractivity contribution in [3.63, 3.8) is 0 Å². The Morgan fingerprint density at radius 2 is 2.00 bits per heavy atom. The van der Waals surface area contributed by atoms with Gasteiger partial charge in [0.25, 0.3) is 0 Å². The van der Waals surface area contributed by atoms with E-state index >= 15 is 0 Å². The van der Waals surface area contributed by atoms with E-state index in [1.54, 1.807) is 53.7 Å². The lowest BCUT2D eigenvalue weighted by atomic mass is 10.3. The summed E-state index contributed by atoms with van der Waals surface area (Å²) in [6.45, 7) is 0. The molecule has 3 aromatic heterocycles. The molecule has 3 heterocycles. The molecule has 0 aliphatic rings. The smallest absolute Gasteiger partial charge is 0.188 e. The Bertz CT molecular complexity index is 827. The molecule has 0 fully saturated rings.